The van der Waals surface area contributed by atoms with E-state index < -0.39 is 54.2 Å². The molecule has 11 heteroatoms. The minimum atomic E-state index is -1.02. The van der Waals surface area contributed by atoms with E-state index in [0.29, 0.717) is 5.13 Å². The molecule has 0 aromatic carbocycles. The molecule has 160 valence electrons. The third-order valence-electron chi connectivity index (χ3n) is 4.83. The second-order valence-electron chi connectivity index (χ2n) is 8.15. The topological polar surface area (TPSA) is 117 Å². The van der Waals surface area contributed by atoms with Gasteiger partial charge in [0.25, 0.3) is 5.91 Å². The van der Waals surface area contributed by atoms with E-state index in [1.807, 2.05) is 0 Å². The Bertz CT molecular complexity index is 784. The minimum absolute atomic E-state index is 0.385. The molecule has 1 aromatic rings. The van der Waals surface area contributed by atoms with Crippen LogP contribution in [0.2, 0.25) is 0 Å². The minimum Gasteiger partial charge on any atom is -0.342 e. The normalized spacial score (nSPS) is 35.4. The molecule has 0 bridgehead atoms. The summed E-state index contributed by atoms with van der Waals surface area (Å²) in [5, 5.41) is 7.53. The van der Waals surface area contributed by atoms with Crippen molar-refractivity contribution in [2.45, 2.75) is 82.9 Å². The second kappa shape index (κ2) is 7.25. The summed E-state index contributed by atoms with van der Waals surface area (Å²) in [5.74, 6) is -2.66. The number of nitrogens with zero attached hydrogens (tertiary/aromatic N) is 1. The Morgan fingerprint density at radius 1 is 1.07 bits per heavy atom. The van der Waals surface area contributed by atoms with E-state index in [1.165, 1.54) is 11.3 Å². The molecule has 0 radical (unpaired) electrons. The zero-order valence-corrected chi connectivity index (χ0v) is 17.6. The van der Waals surface area contributed by atoms with Gasteiger partial charge in [-0.15, -0.1) is 11.3 Å². The summed E-state index contributed by atoms with van der Waals surface area (Å²) < 4.78 is 29.5. The maximum absolute atomic E-state index is 13.0. The van der Waals surface area contributed by atoms with Gasteiger partial charge in [-0.2, -0.15) is 0 Å². The van der Waals surface area contributed by atoms with Gasteiger partial charge in [-0.25, -0.2) is 4.98 Å². The zero-order valence-electron chi connectivity index (χ0n) is 16.8. The maximum atomic E-state index is 13.0. The highest BCUT2D eigenvalue weighted by Crippen LogP contribution is 2.44. The standard InChI is InChI=1S/C18H25N3O7S/c1-8(13(22)21-16-19-6-7-29-16)20-14(23)11-9-10(26-17(2,3)25-9)12-15(24-11)28-18(4,5)27-12/h6-12,15H,1-5H3,(H,20,23)(H,19,21,22)/t8-,9-,10-,11-,12-,15+/m0/s1. The van der Waals surface area contributed by atoms with E-state index in [-0.39, 0.29) is 5.91 Å². The fraction of sp³-hybridized carbons (Fsp3) is 0.722. The van der Waals surface area contributed by atoms with Crippen molar-refractivity contribution < 1.29 is 33.3 Å². The first-order valence-electron chi connectivity index (χ1n) is 9.42. The van der Waals surface area contributed by atoms with Crippen molar-refractivity contribution in [3.05, 3.63) is 11.6 Å². The number of carbonyl (C=O) groups excluding carboxylic acids is 2. The van der Waals surface area contributed by atoms with Crippen molar-refractivity contribution in [2.75, 3.05) is 5.32 Å². The third kappa shape index (κ3) is 4.16. The number of carbonyl (C=O) groups is 2. The lowest BCUT2D eigenvalue weighted by Crippen LogP contribution is -2.60. The summed E-state index contributed by atoms with van der Waals surface area (Å²) in [4.78, 5) is 29.3. The highest BCUT2D eigenvalue weighted by atomic mass is 32.1. The van der Waals surface area contributed by atoms with E-state index in [0.717, 1.165) is 0 Å². The van der Waals surface area contributed by atoms with Gasteiger partial charge in [-0.1, -0.05) is 0 Å². The fourth-order valence-corrected chi connectivity index (χ4v) is 4.22. The monoisotopic (exact) mass is 427 g/mol. The fourth-order valence-electron chi connectivity index (χ4n) is 3.68. The highest BCUT2D eigenvalue weighted by Gasteiger charge is 2.62. The number of ether oxygens (including phenoxy) is 5. The van der Waals surface area contributed by atoms with Crippen molar-refractivity contribution in [3.63, 3.8) is 0 Å². The first-order chi connectivity index (χ1) is 13.5. The molecule has 4 rings (SSSR count). The molecule has 3 aliphatic heterocycles. The smallest absolute Gasteiger partial charge is 0.252 e. The quantitative estimate of drug-likeness (QED) is 0.730. The van der Waals surface area contributed by atoms with Crippen molar-refractivity contribution >= 4 is 28.3 Å². The molecule has 6 atom stereocenters. The summed E-state index contributed by atoms with van der Waals surface area (Å²) in [6.07, 6.45) is -1.97. The van der Waals surface area contributed by atoms with Gasteiger partial charge < -0.3 is 34.3 Å². The van der Waals surface area contributed by atoms with Gasteiger partial charge in [0.2, 0.25) is 5.91 Å². The Morgan fingerprint density at radius 2 is 1.72 bits per heavy atom. The molecule has 2 amide bonds. The number of fused-ring (bicyclic) bond motifs is 3. The first-order valence-corrected chi connectivity index (χ1v) is 10.3. The second-order valence-corrected chi connectivity index (χ2v) is 9.04. The predicted octanol–water partition coefficient (Wildman–Crippen LogP) is 0.983. The van der Waals surface area contributed by atoms with Gasteiger partial charge in [-0.05, 0) is 34.6 Å². The Morgan fingerprint density at radius 3 is 2.41 bits per heavy atom. The van der Waals surface area contributed by atoms with Crippen molar-refractivity contribution in [3.8, 4) is 0 Å². The first kappa shape index (κ1) is 20.6. The zero-order chi connectivity index (χ0) is 21.0. The number of rotatable bonds is 4. The Hall–Kier alpha value is -1.63. The van der Waals surface area contributed by atoms with Gasteiger partial charge >= 0.3 is 0 Å². The number of amides is 2. The average Bonchev–Trinajstić information content (AvgIpc) is 3.29. The van der Waals surface area contributed by atoms with Crippen LogP contribution in [0.1, 0.15) is 34.6 Å². The van der Waals surface area contributed by atoms with E-state index in [9.17, 15) is 9.59 Å². The van der Waals surface area contributed by atoms with Crippen LogP contribution in [0, 0.1) is 0 Å². The van der Waals surface area contributed by atoms with Crippen molar-refractivity contribution in [1.29, 1.82) is 0 Å². The number of hydrogen-bond donors (Lipinski definition) is 2. The van der Waals surface area contributed by atoms with Crippen LogP contribution in [0.5, 0.6) is 0 Å². The van der Waals surface area contributed by atoms with E-state index in [2.05, 4.69) is 15.6 Å². The Balaban J connectivity index is 1.46. The summed E-state index contributed by atoms with van der Waals surface area (Å²) in [7, 11) is 0. The van der Waals surface area contributed by atoms with E-state index in [1.54, 1.807) is 46.2 Å². The van der Waals surface area contributed by atoms with Gasteiger partial charge in [0.1, 0.15) is 24.4 Å². The summed E-state index contributed by atoms with van der Waals surface area (Å²) in [5.41, 5.74) is 0. The molecule has 0 aliphatic carbocycles. The van der Waals surface area contributed by atoms with E-state index >= 15 is 0 Å². The van der Waals surface area contributed by atoms with Crippen LogP contribution in [0.4, 0.5) is 5.13 Å². The lowest BCUT2D eigenvalue weighted by Gasteiger charge is -2.36. The molecule has 0 spiro atoms. The van der Waals surface area contributed by atoms with Crippen molar-refractivity contribution in [1.82, 2.24) is 10.3 Å². The van der Waals surface area contributed by atoms with Crippen LogP contribution in [0.15, 0.2) is 11.6 Å². The largest absolute Gasteiger partial charge is 0.342 e. The van der Waals surface area contributed by atoms with Crippen LogP contribution in [0.3, 0.4) is 0 Å². The van der Waals surface area contributed by atoms with Gasteiger partial charge in [-0.3, -0.25) is 9.59 Å². The molecule has 0 saturated carbocycles. The van der Waals surface area contributed by atoms with Gasteiger partial charge in [0.15, 0.2) is 29.1 Å². The summed E-state index contributed by atoms with van der Waals surface area (Å²) >= 11 is 1.29. The molecule has 10 nitrogen and oxygen atoms in total. The molecule has 4 heterocycles. The van der Waals surface area contributed by atoms with Crippen LogP contribution in [0.25, 0.3) is 0 Å². The molecule has 1 aromatic heterocycles. The Kier molecular flexibility index (Phi) is 5.16. The third-order valence-corrected chi connectivity index (χ3v) is 5.52. The molecule has 3 fully saturated rings. The maximum Gasteiger partial charge on any atom is 0.252 e. The molecule has 2 N–H and O–H groups in total. The molecule has 3 aliphatic rings. The van der Waals surface area contributed by atoms with Crippen LogP contribution in [-0.2, 0) is 33.3 Å². The lowest BCUT2D eigenvalue weighted by atomic mass is 9.98. The van der Waals surface area contributed by atoms with Crippen LogP contribution in [-0.4, -0.2) is 65.1 Å². The highest BCUT2D eigenvalue weighted by molar-refractivity contribution is 7.13. The van der Waals surface area contributed by atoms with Crippen LogP contribution >= 0.6 is 11.3 Å². The van der Waals surface area contributed by atoms with Crippen molar-refractivity contribution in [2.24, 2.45) is 0 Å². The average molecular weight is 427 g/mol. The SMILES string of the molecule is C[C@H](NC(=O)[C@H]1O[C@@H]2OC(C)(C)O[C@H]2[C@H]2OC(C)(C)O[C@@H]21)C(=O)Nc1nccs1. The predicted molar refractivity (Wildman–Crippen MR) is 101 cm³/mol. The number of aromatic nitrogens is 1. The van der Waals surface area contributed by atoms with Crippen LogP contribution < -0.4 is 10.6 Å². The summed E-state index contributed by atoms with van der Waals surface area (Å²) in [6.45, 7) is 8.65. The molecule has 29 heavy (non-hydrogen) atoms. The summed E-state index contributed by atoms with van der Waals surface area (Å²) in [6, 6.07) is -0.807. The lowest BCUT2D eigenvalue weighted by molar-refractivity contribution is -0.231. The van der Waals surface area contributed by atoms with E-state index in [4.69, 9.17) is 23.7 Å². The molecule has 0 unspecified atom stereocenters. The number of nitrogens with one attached hydrogen (secondary N) is 2. The van der Waals surface area contributed by atoms with Gasteiger partial charge in [0, 0.05) is 11.6 Å². The van der Waals surface area contributed by atoms with Gasteiger partial charge in [0.05, 0.1) is 0 Å². The number of anilines is 1. The molecular formula is C18H25N3O7S. The number of thiazole rings is 1. The molecular weight excluding hydrogens is 402 g/mol. The number of hydrogen-bond acceptors (Lipinski definition) is 9. The Labute approximate surface area is 172 Å². The molecule has 3 saturated heterocycles.